The number of halogens is 1. The maximum atomic E-state index is 12.8. The molecule has 0 bridgehead atoms. The van der Waals surface area contributed by atoms with Crippen LogP contribution in [0.15, 0.2) is 24.3 Å². The number of para-hydroxylation sites is 1. The highest BCUT2D eigenvalue weighted by atomic mass is 35.5. The van der Waals surface area contributed by atoms with Crippen molar-refractivity contribution in [2.24, 2.45) is 10.8 Å². The van der Waals surface area contributed by atoms with Gasteiger partial charge in [-0.05, 0) is 44.0 Å². The maximum absolute atomic E-state index is 12.8. The molecule has 5 nitrogen and oxygen atoms in total. The first kappa shape index (κ1) is 22.7. The fourth-order valence-corrected chi connectivity index (χ4v) is 3.55. The van der Waals surface area contributed by atoms with E-state index < -0.39 is 5.41 Å². The third-order valence-corrected chi connectivity index (χ3v) is 5.18. The minimum Gasteiger partial charge on any atom is -0.496 e. The molecule has 0 radical (unpaired) electrons. The number of hydrogen-bond acceptors (Lipinski definition) is 4. The summed E-state index contributed by atoms with van der Waals surface area (Å²) in [7, 11) is 3.40. The van der Waals surface area contributed by atoms with E-state index in [1.54, 1.807) is 14.2 Å². The van der Waals surface area contributed by atoms with Crippen LogP contribution in [0.5, 0.6) is 5.75 Å². The smallest absolute Gasteiger partial charge is 0.226 e. The fourth-order valence-electron chi connectivity index (χ4n) is 3.55. The van der Waals surface area contributed by atoms with Crippen LogP contribution in [0.1, 0.15) is 32.3 Å². The number of piperidine rings is 1. The van der Waals surface area contributed by atoms with Gasteiger partial charge in [-0.15, -0.1) is 12.4 Å². The molecule has 1 aliphatic rings. The summed E-state index contributed by atoms with van der Waals surface area (Å²) >= 11 is 0. The van der Waals surface area contributed by atoms with E-state index in [9.17, 15) is 4.79 Å². The molecule has 0 aliphatic carbocycles. The van der Waals surface area contributed by atoms with Gasteiger partial charge in [0.2, 0.25) is 5.91 Å². The van der Waals surface area contributed by atoms with E-state index in [0.29, 0.717) is 19.6 Å². The molecule has 26 heavy (non-hydrogen) atoms. The summed E-state index contributed by atoms with van der Waals surface area (Å²) in [5.41, 5.74) is 0.588. The molecular formula is C20H33ClN2O3. The van der Waals surface area contributed by atoms with E-state index in [0.717, 1.165) is 37.2 Å². The highest BCUT2D eigenvalue weighted by molar-refractivity contribution is 5.85. The van der Waals surface area contributed by atoms with Gasteiger partial charge in [-0.1, -0.05) is 32.0 Å². The SMILES string of the molecule is COCC1(CNC(=O)C(C)(C)Cc2ccccc2OC)CCNCC1.Cl. The third kappa shape index (κ3) is 5.86. The van der Waals surface area contributed by atoms with Crippen molar-refractivity contribution in [1.29, 1.82) is 0 Å². The summed E-state index contributed by atoms with van der Waals surface area (Å²) in [6.45, 7) is 7.27. The van der Waals surface area contributed by atoms with Crippen LogP contribution in [-0.4, -0.2) is 46.4 Å². The minimum absolute atomic E-state index is 0. The molecule has 1 saturated heterocycles. The number of carbonyl (C=O) groups is 1. The molecule has 0 saturated carbocycles. The Morgan fingerprint density at radius 1 is 1.23 bits per heavy atom. The number of carbonyl (C=O) groups excluding carboxylic acids is 1. The summed E-state index contributed by atoms with van der Waals surface area (Å²) in [5, 5.41) is 6.57. The fraction of sp³-hybridized carbons (Fsp3) is 0.650. The Bertz CT molecular complexity index is 566. The zero-order valence-corrected chi connectivity index (χ0v) is 17.2. The molecule has 1 aliphatic heterocycles. The number of amides is 1. The van der Waals surface area contributed by atoms with Crippen molar-refractivity contribution in [3.05, 3.63) is 29.8 Å². The topological polar surface area (TPSA) is 59.6 Å². The first-order chi connectivity index (χ1) is 11.9. The Labute approximate surface area is 163 Å². The molecule has 6 heteroatoms. The number of hydrogen-bond donors (Lipinski definition) is 2. The van der Waals surface area contributed by atoms with E-state index >= 15 is 0 Å². The van der Waals surface area contributed by atoms with Crippen LogP contribution in [-0.2, 0) is 16.0 Å². The Hall–Kier alpha value is -1.30. The molecular weight excluding hydrogens is 352 g/mol. The van der Waals surface area contributed by atoms with Crippen molar-refractivity contribution in [2.75, 3.05) is 40.5 Å². The molecule has 1 aromatic carbocycles. The van der Waals surface area contributed by atoms with E-state index in [1.165, 1.54) is 0 Å². The predicted molar refractivity (Wildman–Crippen MR) is 107 cm³/mol. The van der Waals surface area contributed by atoms with Gasteiger partial charge in [-0.25, -0.2) is 0 Å². The van der Waals surface area contributed by atoms with Crippen LogP contribution in [0.25, 0.3) is 0 Å². The van der Waals surface area contributed by atoms with Crippen molar-refractivity contribution in [3.63, 3.8) is 0 Å². The summed E-state index contributed by atoms with van der Waals surface area (Å²) < 4.78 is 10.9. The molecule has 0 atom stereocenters. The van der Waals surface area contributed by atoms with Crippen molar-refractivity contribution < 1.29 is 14.3 Å². The average Bonchev–Trinajstić information content (AvgIpc) is 2.61. The van der Waals surface area contributed by atoms with Gasteiger partial charge >= 0.3 is 0 Å². The van der Waals surface area contributed by atoms with Crippen LogP contribution in [0.2, 0.25) is 0 Å². The summed E-state index contributed by atoms with van der Waals surface area (Å²) in [6.07, 6.45) is 2.68. The standard InChI is InChI=1S/C20H32N2O3.ClH/c1-19(2,13-16-7-5-6-8-17(16)25-4)18(23)22-14-20(15-24-3)9-11-21-12-10-20;/h5-8,21H,9-15H2,1-4H3,(H,22,23);1H. The van der Waals surface area contributed by atoms with E-state index in [1.807, 2.05) is 38.1 Å². The second kappa shape index (κ2) is 10.1. The van der Waals surface area contributed by atoms with Gasteiger partial charge in [0.25, 0.3) is 0 Å². The minimum atomic E-state index is -0.504. The molecule has 0 unspecified atom stereocenters. The zero-order valence-electron chi connectivity index (χ0n) is 16.4. The Morgan fingerprint density at radius 3 is 2.50 bits per heavy atom. The van der Waals surface area contributed by atoms with Crippen molar-refractivity contribution in [2.45, 2.75) is 33.1 Å². The largest absolute Gasteiger partial charge is 0.496 e. The number of rotatable bonds is 8. The molecule has 1 amide bonds. The summed E-state index contributed by atoms with van der Waals surface area (Å²) in [6, 6.07) is 7.88. The lowest BCUT2D eigenvalue weighted by Gasteiger charge is -2.38. The monoisotopic (exact) mass is 384 g/mol. The molecule has 1 heterocycles. The molecule has 0 aromatic heterocycles. The Kier molecular flexibility index (Phi) is 8.87. The normalized spacial score (nSPS) is 16.5. The van der Waals surface area contributed by atoms with Crippen molar-refractivity contribution >= 4 is 18.3 Å². The lowest BCUT2D eigenvalue weighted by Crippen LogP contribution is -2.49. The quantitative estimate of drug-likeness (QED) is 0.723. The lowest BCUT2D eigenvalue weighted by atomic mass is 9.78. The number of ether oxygens (including phenoxy) is 2. The number of nitrogens with one attached hydrogen (secondary N) is 2. The zero-order chi connectivity index (χ0) is 18.3. The van der Waals surface area contributed by atoms with Crippen LogP contribution in [0.4, 0.5) is 0 Å². The van der Waals surface area contributed by atoms with Gasteiger partial charge in [-0.3, -0.25) is 4.79 Å². The lowest BCUT2D eigenvalue weighted by molar-refractivity contribution is -0.130. The Balaban J connectivity index is 0.00000338. The van der Waals surface area contributed by atoms with Gasteiger partial charge in [-0.2, -0.15) is 0 Å². The molecule has 1 aromatic rings. The molecule has 2 rings (SSSR count). The average molecular weight is 385 g/mol. The first-order valence-corrected chi connectivity index (χ1v) is 9.02. The van der Waals surface area contributed by atoms with Gasteiger partial charge in [0, 0.05) is 24.5 Å². The van der Waals surface area contributed by atoms with Crippen molar-refractivity contribution in [3.8, 4) is 5.75 Å². The van der Waals surface area contributed by atoms with Gasteiger partial charge in [0.1, 0.15) is 5.75 Å². The van der Waals surface area contributed by atoms with Crippen LogP contribution < -0.4 is 15.4 Å². The van der Waals surface area contributed by atoms with Crippen LogP contribution in [0, 0.1) is 10.8 Å². The molecule has 0 spiro atoms. The van der Waals surface area contributed by atoms with Gasteiger partial charge < -0.3 is 20.1 Å². The highest BCUT2D eigenvalue weighted by Gasteiger charge is 2.35. The predicted octanol–water partition coefficient (Wildman–Crippen LogP) is 2.82. The second-order valence-electron chi connectivity index (χ2n) is 7.74. The van der Waals surface area contributed by atoms with E-state index in [4.69, 9.17) is 9.47 Å². The molecule has 148 valence electrons. The highest BCUT2D eigenvalue weighted by Crippen LogP contribution is 2.30. The number of methoxy groups -OCH3 is 2. The first-order valence-electron chi connectivity index (χ1n) is 9.02. The third-order valence-electron chi connectivity index (χ3n) is 5.18. The van der Waals surface area contributed by atoms with E-state index in [2.05, 4.69) is 10.6 Å². The van der Waals surface area contributed by atoms with Crippen molar-refractivity contribution in [1.82, 2.24) is 10.6 Å². The summed E-state index contributed by atoms with van der Waals surface area (Å²) in [5.74, 6) is 0.907. The Morgan fingerprint density at radius 2 is 1.88 bits per heavy atom. The van der Waals surface area contributed by atoms with Gasteiger partial charge in [0.05, 0.1) is 13.7 Å². The molecule has 2 N–H and O–H groups in total. The second-order valence-corrected chi connectivity index (χ2v) is 7.74. The van der Waals surface area contributed by atoms with Crippen LogP contribution in [0.3, 0.4) is 0 Å². The maximum Gasteiger partial charge on any atom is 0.226 e. The van der Waals surface area contributed by atoms with Gasteiger partial charge in [0.15, 0.2) is 0 Å². The summed E-state index contributed by atoms with van der Waals surface area (Å²) in [4.78, 5) is 12.8. The number of benzene rings is 1. The van der Waals surface area contributed by atoms with Crippen LogP contribution >= 0.6 is 12.4 Å². The van der Waals surface area contributed by atoms with E-state index in [-0.39, 0.29) is 23.7 Å². The molecule has 1 fully saturated rings.